The number of carboxylic acids is 1. The molecule has 4 atom stereocenters. The molecule has 7 N–H and O–H groups in total. The van der Waals surface area contributed by atoms with Crippen LogP contribution in [0, 0.1) is 5.92 Å². The molecule has 3 amide bonds. The van der Waals surface area contributed by atoms with E-state index in [9.17, 15) is 24.3 Å². The molecule has 1 saturated heterocycles. The number of aromatic nitrogens is 3. The second-order valence-corrected chi connectivity index (χ2v) is 10.7. The van der Waals surface area contributed by atoms with Crippen molar-refractivity contribution in [3.8, 4) is 0 Å². The third-order valence-corrected chi connectivity index (χ3v) is 7.21. The van der Waals surface area contributed by atoms with Crippen molar-refractivity contribution in [2.24, 2.45) is 11.7 Å². The topological polar surface area (TPSA) is 186 Å². The van der Waals surface area contributed by atoms with Crippen molar-refractivity contribution in [2.45, 2.75) is 70.1 Å². The Bertz CT molecular complexity index is 1340. The number of carboxylic acid groups (broad SMARTS) is 1. The number of aromatic amines is 2. The van der Waals surface area contributed by atoms with E-state index in [4.69, 9.17) is 5.73 Å². The first kappa shape index (κ1) is 28.8. The number of rotatable bonds is 12. The number of amides is 3. The van der Waals surface area contributed by atoms with Gasteiger partial charge < -0.3 is 36.3 Å². The Balaban J connectivity index is 1.47. The third-order valence-electron chi connectivity index (χ3n) is 7.21. The van der Waals surface area contributed by atoms with Gasteiger partial charge in [-0.1, -0.05) is 32.0 Å². The maximum Gasteiger partial charge on any atom is 0.326 e. The molecule has 0 radical (unpaired) electrons. The number of hydrogen-bond donors (Lipinski definition) is 6. The fourth-order valence-electron chi connectivity index (χ4n) is 5.19. The second kappa shape index (κ2) is 12.8. The maximum absolute atomic E-state index is 13.5. The Kier molecular flexibility index (Phi) is 9.20. The van der Waals surface area contributed by atoms with Crippen LogP contribution in [0.25, 0.3) is 10.9 Å². The standard InChI is InChI=1S/C28H37N7O5/c1-16(2)10-22(33-25(36)20(29)11-17-13-31-21-7-4-3-6-19(17)21)26(37)34-23(12-18-14-30-15-32-18)27(38)35-9-5-8-24(35)28(39)40/h3-4,6-7,13-16,20,22-24,31H,5,8-12,29H2,1-2H3,(H,30,32)(H,33,36)(H,34,37)(H,39,40). The van der Waals surface area contributed by atoms with Crippen LogP contribution in [0.15, 0.2) is 43.0 Å². The van der Waals surface area contributed by atoms with Crippen LogP contribution in [0.1, 0.15) is 44.4 Å². The summed E-state index contributed by atoms with van der Waals surface area (Å²) in [6.07, 6.45) is 6.44. The van der Waals surface area contributed by atoms with Gasteiger partial charge in [0.15, 0.2) is 0 Å². The zero-order chi connectivity index (χ0) is 28.8. The van der Waals surface area contributed by atoms with Crippen molar-refractivity contribution in [2.75, 3.05) is 6.54 Å². The van der Waals surface area contributed by atoms with E-state index in [2.05, 4.69) is 25.6 Å². The van der Waals surface area contributed by atoms with E-state index in [0.717, 1.165) is 16.5 Å². The number of carbonyl (C=O) groups is 4. The maximum atomic E-state index is 13.5. The molecular formula is C28H37N7O5. The van der Waals surface area contributed by atoms with Gasteiger partial charge in [-0.3, -0.25) is 14.4 Å². The molecule has 2 aromatic heterocycles. The lowest BCUT2D eigenvalue weighted by atomic mass is 10.0. The minimum absolute atomic E-state index is 0.0534. The van der Waals surface area contributed by atoms with E-state index in [1.54, 1.807) is 6.20 Å². The van der Waals surface area contributed by atoms with Crippen LogP contribution in [0.4, 0.5) is 0 Å². The highest BCUT2D eigenvalue weighted by molar-refractivity contribution is 5.94. The molecule has 3 aromatic rings. The molecule has 0 saturated carbocycles. The highest BCUT2D eigenvalue weighted by atomic mass is 16.4. The van der Waals surface area contributed by atoms with Crippen LogP contribution < -0.4 is 16.4 Å². The molecular weight excluding hydrogens is 514 g/mol. The van der Waals surface area contributed by atoms with Crippen LogP contribution in [-0.2, 0) is 32.0 Å². The average Bonchev–Trinajstić information content (AvgIpc) is 3.69. The van der Waals surface area contributed by atoms with Gasteiger partial charge in [0.25, 0.3) is 0 Å². The molecule has 1 aliphatic heterocycles. The summed E-state index contributed by atoms with van der Waals surface area (Å²) in [4.78, 5) is 63.2. The van der Waals surface area contributed by atoms with Crippen LogP contribution in [0.3, 0.4) is 0 Å². The number of nitrogens with two attached hydrogens (primary N) is 1. The van der Waals surface area contributed by atoms with E-state index < -0.39 is 47.9 Å². The van der Waals surface area contributed by atoms with E-state index in [-0.39, 0.29) is 18.8 Å². The van der Waals surface area contributed by atoms with Gasteiger partial charge in [0, 0.05) is 42.0 Å². The summed E-state index contributed by atoms with van der Waals surface area (Å²) in [5.74, 6) is -2.53. The molecule has 214 valence electrons. The molecule has 1 aliphatic rings. The molecule has 1 aromatic carbocycles. The van der Waals surface area contributed by atoms with E-state index >= 15 is 0 Å². The Morgan fingerprint density at radius 2 is 1.85 bits per heavy atom. The molecule has 0 aliphatic carbocycles. The fraction of sp³-hybridized carbons (Fsp3) is 0.464. The number of nitrogens with one attached hydrogen (secondary N) is 4. The van der Waals surface area contributed by atoms with Crippen LogP contribution in [0.2, 0.25) is 0 Å². The first-order chi connectivity index (χ1) is 19.1. The van der Waals surface area contributed by atoms with E-state index in [1.807, 2.05) is 44.3 Å². The van der Waals surface area contributed by atoms with E-state index in [1.165, 1.54) is 11.2 Å². The Hall–Kier alpha value is -4.19. The zero-order valence-corrected chi connectivity index (χ0v) is 22.7. The van der Waals surface area contributed by atoms with Crippen LogP contribution in [0.5, 0.6) is 0 Å². The monoisotopic (exact) mass is 551 g/mol. The lowest BCUT2D eigenvalue weighted by Crippen LogP contribution is -2.58. The predicted octanol–water partition coefficient (Wildman–Crippen LogP) is 1.09. The Morgan fingerprint density at radius 3 is 2.55 bits per heavy atom. The van der Waals surface area contributed by atoms with Crippen molar-refractivity contribution in [3.05, 3.63) is 54.2 Å². The van der Waals surface area contributed by atoms with Crippen molar-refractivity contribution in [1.82, 2.24) is 30.5 Å². The van der Waals surface area contributed by atoms with Crippen molar-refractivity contribution in [1.29, 1.82) is 0 Å². The molecule has 3 heterocycles. The normalized spacial score (nSPS) is 17.5. The number of hydrogen-bond acceptors (Lipinski definition) is 6. The van der Waals surface area contributed by atoms with Crippen LogP contribution in [-0.4, -0.2) is 79.4 Å². The van der Waals surface area contributed by atoms with Crippen molar-refractivity contribution < 1.29 is 24.3 Å². The molecule has 4 unspecified atom stereocenters. The van der Waals surface area contributed by atoms with E-state index in [0.29, 0.717) is 31.5 Å². The number of aliphatic carboxylic acids is 1. The van der Waals surface area contributed by atoms with Crippen molar-refractivity contribution >= 4 is 34.6 Å². The van der Waals surface area contributed by atoms with Gasteiger partial charge in [0.2, 0.25) is 17.7 Å². The summed E-state index contributed by atoms with van der Waals surface area (Å²) >= 11 is 0. The summed E-state index contributed by atoms with van der Waals surface area (Å²) in [7, 11) is 0. The number of H-pyrrole nitrogens is 2. The van der Waals surface area contributed by atoms with Gasteiger partial charge >= 0.3 is 5.97 Å². The lowest BCUT2D eigenvalue weighted by molar-refractivity contribution is -0.149. The first-order valence-corrected chi connectivity index (χ1v) is 13.6. The van der Waals surface area contributed by atoms with Crippen LogP contribution >= 0.6 is 0 Å². The second-order valence-electron chi connectivity index (χ2n) is 10.7. The Morgan fingerprint density at radius 1 is 1.10 bits per heavy atom. The highest BCUT2D eigenvalue weighted by Gasteiger charge is 2.38. The molecule has 0 bridgehead atoms. The summed E-state index contributed by atoms with van der Waals surface area (Å²) in [6, 6.07) is 3.90. The minimum Gasteiger partial charge on any atom is -0.480 e. The first-order valence-electron chi connectivity index (χ1n) is 13.6. The largest absolute Gasteiger partial charge is 0.480 e. The number of benzene rings is 1. The number of imidazole rings is 1. The lowest BCUT2D eigenvalue weighted by Gasteiger charge is -2.29. The van der Waals surface area contributed by atoms with Gasteiger partial charge in [-0.2, -0.15) is 0 Å². The molecule has 1 fully saturated rings. The highest BCUT2D eigenvalue weighted by Crippen LogP contribution is 2.21. The zero-order valence-electron chi connectivity index (χ0n) is 22.7. The summed E-state index contributed by atoms with van der Waals surface area (Å²) < 4.78 is 0. The van der Waals surface area contributed by atoms with Gasteiger partial charge in [-0.05, 0) is 43.2 Å². The Labute approximate surface area is 232 Å². The summed E-state index contributed by atoms with van der Waals surface area (Å²) in [5.41, 5.74) is 8.70. The van der Waals surface area contributed by atoms with Gasteiger partial charge in [0.1, 0.15) is 18.1 Å². The van der Waals surface area contributed by atoms with Crippen molar-refractivity contribution in [3.63, 3.8) is 0 Å². The number of fused-ring (bicyclic) bond motifs is 1. The average molecular weight is 552 g/mol. The molecule has 12 nitrogen and oxygen atoms in total. The van der Waals surface area contributed by atoms with Gasteiger partial charge in [0.05, 0.1) is 12.4 Å². The summed E-state index contributed by atoms with van der Waals surface area (Å²) in [6.45, 7) is 4.14. The molecule has 0 spiro atoms. The van der Waals surface area contributed by atoms with Gasteiger partial charge in [-0.25, -0.2) is 9.78 Å². The van der Waals surface area contributed by atoms with Gasteiger partial charge in [-0.15, -0.1) is 0 Å². The SMILES string of the molecule is CC(C)CC(NC(=O)C(N)Cc1c[nH]c2ccccc12)C(=O)NC(Cc1cnc[nH]1)C(=O)N1CCCC1C(=O)O. The quantitative estimate of drug-likeness (QED) is 0.194. The molecule has 12 heteroatoms. The molecule has 40 heavy (non-hydrogen) atoms. The summed E-state index contributed by atoms with van der Waals surface area (Å²) in [5, 5.41) is 16.1. The number of nitrogens with zero attached hydrogens (tertiary/aromatic N) is 2. The number of para-hydroxylation sites is 1. The number of carbonyl (C=O) groups excluding carboxylic acids is 3. The predicted molar refractivity (Wildman–Crippen MR) is 148 cm³/mol. The third kappa shape index (κ3) is 6.87. The fourth-order valence-corrected chi connectivity index (χ4v) is 5.19. The number of likely N-dealkylation sites (tertiary alicyclic amines) is 1. The smallest absolute Gasteiger partial charge is 0.326 e. The minimum atomic E-state index is -1.08. The molecule has 4 rings (SSSR count).